The Morgan fingerprint density at radius 3 is 1.09 bits per heavy atom. The van der Waals surface area contributed by atoms with Crippen molar-refractivity contribution in [3.8, 4) is 45.0 Å². The Kier molecular flexibility index (Phi) is 27.5. The van der Waals surface area contributed by atoms with Crippen LogP contribution in [0.3, 0.4) is 0 Å². The van der Waals surface area contributed by atoms with Crippen molar-refractivity contribution in [2.24, 2.45) is 17.6 Å². The molecule has 0 bridgehead atoms. The maximum atomic E-state index is 15.0. The van der Waals surface area contributed by atoms with E-state index in [0.717, 1.165) is 166 Å². The molecule has 4 aliphatic heterocycles. The van der Waals surface area contributed by atoms with Gasteiger partial charge in [0, 0.05) is 171 Å². The molecular formula is C105H108F10N30O2. The number of benzene rings is 4. The number of halogens is 10. The summed E-state index contributed by atoms with van der Waals surface area (Å²) in [5, 5.41) is 21.9. The van der Waals surface area contributed by atoms with E-state index in [-0.39, 0.29) is 122 Å². The standard InChI is InChI=1S/C29H32F2N8O.C28H30F2N8O.C24H23F4N7.C24H23F2N7/c1-15(2)39-16(3)34-27-21(30)11-18(12-24(27)39)26-22(31)13-33-29(37-26)36-25-6-5-17-14-38(8-7-23(17)35-25)28(40)19-9-20(10-19)32-4;1-14(2)38-15(3)33-26-20(29)10-17(11-23(26)38)25-21(30)12-32-28(36-25)35-24-5-4-16-13-37(7-6-22(16)34-24)27(39)18-8-19(31)9-18;1-12(2)35-13(3)31-22-16(24(26,27)28)8-15(9-19(22)35)21-17(25)11-30-23(34-21)33-20-5-4-14-10-29-7-6-18(14)32-20;1-13-29-23-17(25)9-15(10-20(23)33(13)16-3-2-4-16)22-18(26)12-28-24(32-22)31-21-6-5-14-11-27-8-7-19(14)30-21/h5-6,11-13,15,19-20,32H,7-10,14H2,1-4H3,(H,33,35,36,37);4-5,10-12,14,18-19H,6-9,13,31H2,1-3H3,(H,32,34,35,36);4-5,8-9,11-12,29H,6-7,10H2,1-3H3,(H,30,32,33,34);5-6,9-10,12,16,27H,2-4,7-8,11H2,1H3,(H,28,30,31,32). The van der Waals surface area contributed by atoms with E-state index in [1.54, 1.807) is 47.9 Å². The maximum Gasteiger partial charge on any atom is 0.418 e. The third-order valence-corrected chi connectivity index (χ3v) is 28.1. The Morgan fingerprint density at radius 1 is 0.401 bits per heavy atom. The number of fused-ring (bicyclic) bond motifs is 8. The van der Waals surface area contributed by atoms with E-state index in [1.807, 2.05) is 119 Å². The second kappa shape index (κ2) is 40.8. The summed E-state index contributed by atoms with van der Waals surface area (Å²) in [6, 6.07) is 27.2. The van der Waals surface area contributed by atoms with Crippen LogP contribution in [0, 0.1) is 80.3 Å². The fourth-order valence-electron chi connectivity index (χ4n) is 20.5. The quantitative estimate of drug-likeness (QED) is 0.0349. The molecule has 0 atom stereocenters. The van der Waals surface area contributed by atoms with Gasteiger partial charge >= 0.3 is 6.18 Å². The van der Waals surface area contributed by atoms with Crippen molar-refractivity contribution in [2.45, 2.75) is 208 Å². The van der Waals surface area contributed by atoms with Gasteiger partial charge in [-0.15, -0.1) is 0 Å². The van der Waals surface area contributed by atoms with Gasteiger partial charge in [-0.3, -0.25) is 9.59 Å². The lowest BCUT2D eigenvalue weighted by Gasteiger charge is -2.38. The van der Waals surface area contributed by atoms with Crippen LogP contribution in [0.15, 0.2) is 122 Å². The topological polar surface area (TPSA) is 377 Å². The van der Waals surface area contributed by atoms with Crippen LogP contribution in [0.5, 0.6) is 0 Å². The fraction of sp³-hybridized carbons (Fsp3) is 0.371. The molecule has 3 aliphatic carbocycles. The van der Waals surface area contributed by atoms with E-state index in [4.69, 9.17) is 15.7 Å². The molecule has 0 unspecified atom stereocenters. The molecule has 4 aromatic carbocycles. The van der Waals surface area contributed by atoms with Crippen molar-refractivity contribution >= 4 is 103 Å². The smallest absolute Gasteiger partial charge is 0.338 e. The fourth-order valence-corrected chi connectivity index (χ4v) is 20.5. The van der Waals surface area contributed by atoms with Gasteiger partial charge in [0.15, 0.2) is 40.7 Å². The molecule has 16 aromatic rings. The van der Waals surface area contributed by atoms with Crippen LogP contribution in [-0.4, -0.2) is 165 Å². The molecule has 0 spiro atoms. The molecule has 760 valence electrons. The van der Waals surface area contributed by atoms with Gasteiger partial charge in [-0.25, -0.2) is 110 Å². The summed E-state index contributed by atoms with van der Waals surface area (Å²) in [6.07, 6.45) is 8.90. The number of aryl methyl sites for hydroxylation is 4. The highest BCUT2D eigenvalue weighted by Crippen LogP contribution is 2.44. The first-order chi connectivity index (χ1) is 70.6. The number of imidazole rings is 4. The van der Waals surface area contributed by atoms with Crippen molar-refractivity contribution in [3.63, 3.8) is 0 Å². The third kappa shape index (κ3) is 20.4. The lowest BCUT2D eigenvalue weighted by Crippen LogP contribution is -2.49. The van der Waals surface area contributed by atoms with Crippen LogP contribution in [0.25, 0.3) is 89.2 Å². The number of aromatic nitrogens is 20. The van der Waals surface area contributed by atoms with Gasteiger partial charge in [0.2, 0.25) is 35.6 Å². The van der Waals surface area contributed by atoms with E-state index < -0.39 is 52.5 Å². The average Bonchev–Trinajstić information content (AvgIpc) is 1.62. The number of hydrogen-bond donors (Lipinski definition) is 8. The number of pyridine rings is 4. The van der Waals surface area contributed by atoms with Gasteiger partial charge in [0.25, 0.3) is 0 Å². The van der Waals surface area contributed by atoms with Crippen molar-refractivity contribution in [2.75, 3.05) is 54.5 Å². The van der Waals surface area contributed by atoms with Crippen LogP contribution in [-0.2, 0) is 67.6 Å². The van der Waals surface area contributed by atoms with Crippen LogP contribution >= 0.6 is 0 Å². The number of carbonyl (C=O) groups excluding carboxylic acids is 2. The highest BCUT2D eigenvalue weighted by molar-refractivity contribution is 5.89. The Labute approximate surface area is 838 Å². The summed E-state index contributed by atoms with van der Waals surface area (Å²) in [4.78, 5) is 98.8. The van der Waals surface area contributed by atoms with Gasteiger partial charge in [-0.1, -0.05) is 24.3 Å². The van der Waals surface area contributed by atoms with E-state index >= 15 is 4.39 Å². The maximum absolute atomic E-state index is 15.0. The number of nitrogens with zero attached hydrogens (tertiary/aromatic N) is 22. The number of carbonyl (C=O) groups is 2. The minimum Gasteiger partial charge on any atom is -0.338 e. The molecule has 2 amide bonds. The zero-order valence-corrected chi connectivity index (χ0v) is 82.6. The molecule has 23 rings (SSSR count). The number of rotatable bonds is 19. The average molecular weight is 2010 g/mol. The second-order valence-corrected chi connectivity index (χ2v) is 39.1. The Morgan fingerprint density at radius 2 is 0.735 bits per heavy atom. The molecular weight excluding hydrogens is 1900 g/mol. The summed E-state index contributed by atoms with van der Waals surface area (Å²) in [7, 11) is 1.93. The number of anilines is 8. The normalized spacial score (nSPS) is 17.0. The number of nitrogens with two attached hydrogens (primary N) is 1. The predicted molar refractivity (Wildman–Crippen MR) is 536 cm³/mol. The Balaban J connectivity index is 0.000000119. The minimum absolute atomic E-state index is 0.0148. The van der Waals surface area contributed by atoms with Crippen molar-refractivity contribution in [1.29, 1.82) is 0 Å². The Bertz CT molecular complexity index is 7820. The monoisotopic (exact) mass is 2010 g/mol. The molecule has 7 aliphatic rings. The zero-order chi connectivity index (χ0) is 103. The third-order valence-electron chi connectivity index (χ3n) is 28.1. The summed E-state index contributed by atoms with van der Waals surface area (Å²) < 4.78 is 154. The summed E-state index contributed by atoms with van der Waals surface area (Å²) in [5.41, 5.74) is 16.3. The van der Waals surface area contributed by atoms with Crippen LogP contribution in [0.1, 0.15) is 185 Å². The van der Waals surface area contributed by atoms with Crippen LogP contribution in [0.4, 0.5) is 91.0 Å². The summed E-state index contributed by atoms with van der Waals surface area (Å²) in [5.74, 6) is 1.36. The van der Waals surface area contributed by atoms with Gasteiger partial charge in [0.05, 0.1) is 52.4 Å². The highest BCUT2D eigenvalue weighted by atomic mass is 19.4. The molecule has 42 heteroatoms. The van der Waals surface area contributed by atoms with Crippen molar-refractivity contribution in [3.05, 3.63) is 236 Å². The zero-order valence-electron chi connectivity index (χ0n) is 82.6. The lowest BCUT2D eigenvalue weighted by atomic mass is 9.79. The second-order valence-electron chi connectivity index (χ2n) is 39.1. The largest absolute Gasteiger partial charge is 0.418 e. The molecule has 16 heterocycles. The van der Waals surface area contributed by atoms with E-state index in [9.17, 15) is 49.1 Å². The first-order valence-electron chi connectivity index (χ1n) is 49.3. The predicted octanol–water partition coefficient (Wildman–Crippen LogP) is 19.0. The molecule has 3 saturated carbocycles. The Hall–Kier alpha value is -15.0. The first kappa shape index (κ1) is 99.3. The van der Waals surface area contributed by atoms with Crippen molar-refractivity contribution < 1.29 is 53.5 Å². The molecule has 32 nitrogen and oxygen atoms in total. The van der Waals surface area contributed by atoms with Gasteiger partial charge in [-0.05, 0) is 216 Å². The van der Waals surface area contributed by atoms with Crippen LogP contribution in [0.2, 0.25) is 0 Å². The number of amides is 2. The SMILES string of the molecule is CNC1CC(C(=O)N2CCc3nc(Nc4ncc(F)c(-c5cc(F)c6nc(C)n(C(C)C)c6c5)n4)ccc3C2)C1.Cc1nc2c(C(F)(F)F)cc(-c3nc(Nc4ccc5c(n4)CCNC5)ncc3F)cc2n1C(C)C.Cc1nc2c(F)cc(-c3nc(Nc4ccc5c(n4)CCN(C(=O)C4CC(N)C4)C5)ncc3F)cc2n1C(C)C.Cc1nc2c(F)cc(-c3nc(Nc4ccc5c(n4)CCNC5)ncc3F)cc2n1C1CCC1. The van der Waals surface area contributed by atoms with Gasteiger partial charge in [0.1, 0.15) is 91.4 Å². The van der Waals surface area contributed by atoms with E-state index in [0.29, 0.717) is 131 Å². The molecule has 3 fully saturated rings. The van der Waals surface area contributed by atoms with Gasteiger partial charge < -0.3 is 71.0 Å². The van der Waals surface area contributed by atoms with Crippen LogP contribution < -0.4 is 43.0 Å². The molecule has 147 heavy (non-hydrogen) atoms. The van der Waals surface area contributed by atoms with Gasteiger partial charge in [-0.2, -0.15) is 13.2 Å². The first-order valence-corrected chi connectivity index (χ1v) is 49.3. The lowest BCUT2D eigenvalue weighted by molar-refractivity contribution is -0.140. The molecule has 0 saturated heterocycles. The van der Waals surface area contributed by atoms with Crippen molar-refractivity contribution in [1.82, 2.24) is 124 Å². The van der Waals surface area contributed by atoms with E-state index in [2.05, 4.69) is 112 Å². The molecule has 9 N–H and O–H groups in total. The molecule has 12 aromatic heterocycles. The minimum atomic E-state index is -4.68. The summed E-state index contributed by atoms with van der Waals surface area (Å²) >= 11 is 0. The summed E-state index contributed by atoms with van der Waals surface area (Å²) in [6.45, 7) is 24.3. The number of hydrogen-bond acceptors (Lipinski definition) is 26. The van der Waals surface area contributed by atoms with E-state index in [1.165, 1.54) is 24.3 Å². The molecule has 0 radical (unpaired) electrons. The highest BCUT2D eigenvalue weighted by Gasteiger charge is 2.41. The number of nitrogens with one attached hydrogen (secondary N) is 7. The number of alkyl halides is 3.